The molecule has 0 bridgehead atoms. The number of hydrogen-bond acceptors (Lipinski definition) is 7. The van der Waals surface area contributed by atoms with Crippen LogP contribution in [0.25, 0.3) is 0 Å². The molecule has 1 unspecified atom stereocenters. The Morgan fingerprint density at radius 2 is 2.11 bits per heavy atom. The van der Waals surface area contributed by atoms with Gasteiger partial charge in [0.2, 0.25) is 0 Å². The monoisotopic (exact) mass is 519 g/mol. The van der Waals surface area contributed by atoms with Gasteiger partial charge in [0.25, 0.3) is 0 Å². The lowest BCUT2D eigenvalue weighted by Crippen LogP contribution is -2.48. The first kappa shape index (κ1) is 27.8. The Hall–Kier alpha value is -3.77. The Morgan fingerprint density at radius 1 is 1.32 bits per heavy atom. The number of nitrogens with zero attached hydrogens (tertiary/aromatic N) is 5. The fraction of sp³-hybridized carbons (Fsp3) is 0.320. The number of ether oxygens (including phenoxy) is 1. The average Bonchev–Trinajstić information content (AvgIpc) is 2.90. The smallest absolute Gasteiger partial charge is 0.377 e. The fourth-order valence-electron chi connectivity index (χ4n) is 3.51. The van der Waals surface area contributed by atoms with Crippen molar-refractivity contribution < 1.29 is 22.3 Å². The van der Waals surface area contributed by atoms with Gasteiger partial charge in [-0.2, -0.15) is 23.4 Å². The topological polar surface area (TPSA) is 91.4 Å². The summed E-state index contributed by atoms with van der Waals surface area (Å²) < 4.78 is 58.9. The summed E-state index contributed by atoms with van der Waals surface area (Å²) in [5.41, 5.74) is 0.421. The van der Waals surface area contributed by atoms with Crippen molar-refractivity contribution in [2.45, 2.75) is 32.5 Å². The molecular weight excluding hydrogens is 490 g/mol. The minimum Gasteiger partial charge on any atom is -0.377 e. The second kappa shape index (κ2) is 12.5. The zero-order chi connectivity index (χ0) is 27.0. The van der Waals surface area contributed by atoms with E-state index in [9.17, 15) is 17.6 Å². The average molecular weight is 520 g/mol. The molecular formula is C25H29F4N7O. The van der Waals surface area contributed by atoms with Gasteiger partial charge in [-0.1, -0.05) is 19.6 Å². The number of aromatic nitrogens is 1. The van der Waals surface area contributed by atoms with Crippen LogP contribution in [-0.2, 0) is 10.9 Å². The van der Waals surface area contributed by atoms with Crippen molar-refractivity contribution >= 4 is 23.4 Å². The van der Waals surface area contributed by atoms with Crippen LogP contribution < -0.4 is 11.2 Å². The minimum absolute atomic E-state index is 0.00688. The standard InChI is InChI=1S/C25H29F4N7O/c1-4-22-16-37-12-11-35(22)24(23(26)5-2)33-17(3)36(30)32-15-20-9-10-21(14-31-20)34-19-8-6-7-18(13-19)25(27,28)29/h5-10,13-15,22,34H,3-4,11-12,16,30H2,1-2H3/b23-5+,32-15+,33-24+. The lowest BCUT2D eigenvalue weighted by Gasteiger charge is -2.37. The Labute approximate surface area is 212 Å². The molecule has 1 aromatic heterocycles. The molecule has 1 aliphatic heterocycles. The van der Waals surface area contributed by atoms with Crippen molar-refractivity contribution in [2.75, 3.05) is 25.1 Å². The molecule has 0 radical (unpaired) electrons. The molecule has 0 spiro atoms. The van der Waals surface area contributed by atoms with Gasteiger partial charge in [-0.3, -0.25) is 4.98 Å². The summed E-state index contributed by atoms with van der Waals surface area (Å²) in [5, 5.41) is 7.83. The molecule has 3 rings (SSSR count). The van der Waals surface area contributed by atoms with Crippen LogP contribution in [0, 0.1) is 0 Å². The molecule has 2 heterocycles. The third-order valence-corrected chi connectivity index (χ3v) is 5.52. The summed E-state index contributed by atoms with van der Waals surface area (Å²) in [4.78, 5) is 10.3. The van der Waals surface area contributed by atoms with Gasteiger partial charge in [0.15, 0.2) is 17.5 Å². The normalized spacial score (nSPS) is 17.3. The van der Waals surface area contributed by atoms with Crippen LogP contribution in [0.4, 0.5) is 28.9 Å². The summed E-state index contributed by atoms with van der Waals surface area (Å²) in [5.74, 6) is 5.55. The van der Waals surface area contributed by atoms with Crippen LogP contribution in [-0.4, -0.2) is 52.9 Å². The van der Waals surface area contributed by atoms with Gasteiger partial charge < -0.3 is 15.0 Å². The summed E-state index contributed by atoms with van der Waals surface area (Å²) in [6.45, 7) is 8.75. The van der Waals surface area contributed by atoms with Crippen LogP contribution in [0.2, 0.25) is 0 Å². The van der Waals surface area contributed by atoms with Crippen molar-refractivity contribution in [1.82, 2.24) is 15.0 Å². The maximum absolute atomic E-state index is 14.7. The van der Waals surface area contributed by atoms with Crippen LogP contribution in [0.15, 0.2) is 77.0 Å². The first-order chi connectivity index (χ1) is 17.6. The first-order valence-corrected chi connectivity index (χ1v) is 11.6. The summed E-state index contributed by atoms with van der Waals surface area (Å²) in [6.07, 6.45) is 0.425. The highest BCUT2D eigenvalue weighted by atomic mass is 19.4. The van der Waals surface area contributed by atoms with E-state index in [1.165, 1.54) is 30.6 Å². The molecule has 12 heteroatoms. The summed E-state index contributed by atoms with van der Waals surface area (Å²) >= 11 is 0. The lowest BCUT2D eigenvalue weighted by atomic mass is 10.1. The van der Waals surface area contributed by atoms with Gasteiger partial charge in [-0.05, 0) is 49.8 Å². The molecule has 1 saturated heterocycles. The largest absolute Gasteiger partial charge is 0.416 e. The summed E-state index contributed by atoms with van der Waals surface area (Å²) in [7, 11) is 0. The molecule has 0 amide bonds. The van der Waals surface area contributed by atoms with E-state index in [2.05, 4.69) is 27.0 Å². The highest BCUT2D eigenvalue weighted by Gasteiger charge is 2.30. The Bertz CT molecular complexity index is 1160. The minimum atomic E-state index is -4.43. The maximum Gasteiger partial charge on any atom is 0.416 e. The number of hydrazine groups is 1. The second-order valence-electron chi connectivity index (χ2n) is 8.08. The number of allylic oxidation sites excluding steroid dienone is 1. The van der Waals surface area contributed by atoms with Crippen molar-refractivity contribution in [3.63, 3.8) is 0 Å². The van der Waals surface area contributed by atoms with E-state index in [4.69, 9.17) is 10.6 Å². The fourth-order valence-corrected chi connectivity index (χ4v) is 3.51. The van der Waals surface area contributed by atoms with Gasteiger partial charge in [-0.15, -0.1) is 0 Å². The number of hydrazone groups is 1. The third kappa shape index (κ3) is 7.61. The Kier molecular flexibility index (Phi) is 9.36. The number of alkyl halides is 3. The predicted molar refractivity (Wildman–Crippen MR) is 136 cm³/mol. The van der Waals surface area contributed by atoms with Gasteiger partial charge >= 0.3 is 6.18 Å². The van der Waals surface area contributed by atoms with E-state index >= 15 is 0 Å². The zero-order valence-corrected chi connectivity index (χ0v) is 20.5. The Balaban J connectivity index is 1.68. The first-order valence-electron chi connectivity index (χ1n) is 11.6. The summed E-state index contributed by atoms with van der Waals surface area (Å²) in [6, 6.07) is 8.05. The number of halogens is 4. The Morgan fingerprint density at radius 3 is 2.76 bits per heavy atom. The molecule has 2 aromatic rings. The van der Waals surface area contributed by atoms with E-state index in [-0.39, 0.29) is 23.4 Å². The van der Waals surface area contributed by atoms with E-state index in [0.717, 1.165) is 23.7 Å². The number of aliphatic imine (C=N–C) groups is 1. The molecule has 1 atom stereocenters. The van der Waals surface area contributed by atoms with Crippen molar-refractivity contribution in [1.29, 1.82) is 0 Å². The SMILES string of the molecule is C=C(/N=C(\C(F)=C/C)N1CCOCC1CC)N(N)/N=C/c1ccc(Nc2cccc(C(F)(F)F)c2)cn1. The quantitative estimate of drug-likeness (QED) is 0.164. The number of nitrogens with one attached hydrogen (secondary N) is 1. The number of anilines is 2. The molecule has 1 aliphatic rings. The van der Waals surface area contributed by atoms with Crippen molar-refractivity contribution in [2.24, 2.45) is 15.9 Å². The van der Waals surface area contributed by atoms with Gasteiger partial charge in [0, 0.05) is 12.2 Å². The van der Waals surface area contributed by atoms with E-state index in [0.29, 0.717) is 31.1 Å². The van der Waals surface area contributed by atoms with E-state index in [1.807, 2.05) is 11.8 Å². The molecule has 37 heavy (non-hydrogen) atoms. The van der Waals surface area contributed by atoms with Crippen LogP contribution >= 0.6 is 0 Å². The molecule has 1 fully saturated rings. The number of pyridine rings is 1. The van der Waals surface area contributed by atoms with E-state index in [1.54, 1.807) is 19.1 Å². The van der Waals surface area contributed by atoms with E-state index < -0.39 is 17.6 Å². The molecule has 0 aliphatic carbocycles. The van der Waals surface area contributed by atoms with Gasteiger partial charge in [0.05, 0.1) is 48.6 Å². The predicted octanol–water partition coefficient (Wildman–Crippen LogP) is 5.21. The zero-order valence-electron chi connectivity index (χ0n) is 20.5. The molecule has 198 valence electrons. The number of morpholine rings is 1. The number of benzene rings is 1. The second-order valence-corrected chi connectivity index (χ2v) is 8.08. The lowest BCUT2D eigenvalue weighted by molar-refractivity contribution is -0.137. The van der Waals surface area contributed by atoms with Crippen molar-refractivity contribution in [3.8, 4) is 0 Å². The van der Waals surface area contributed by atoms with Crippen molar-refractivity contribution in [3.05, 3.63) is 78.2 Å². The molecule has 0 saturated carbocycles. The highest BCUT2D eigenvalue weighted by Crippen LogP contribution is 2.31. The molecule has 1 aromatic carbocycles. The number of amidine groups is 1. The van der Waals surface area contributed by atoms with Gasteiger partial charge in [0.1, 0.15) is 0 Å². The number of nitrogens with two attached hydrogens (primary N) is 1. The molecule has 3 N–H and O–H groups in total. The van der Waals surface area contributed by atoms with Crippen LogP contribution in [0.3, 0.4) is 0 Å². The number of hydrogen-bond donors (Lipinski definition) is 2. The van der Waals surface area contributed by atoms with Gasteiger partial charge in [-0.25, -0.2) is 15.2 Å². The third-order valence-electron chi connectivity index (χ3n) is 5.52. The maximum atomic E-state index is 14.7. The van der Waals surface area contributed by atoms with Crippen LogP contribution in [0.1, 0.15) is 31.5 Å². The van der Waals surface area contributed by atoms with Crippen LogP contribution in [0.5, 0.6) is 0 Å². The highest BCUT2D eigenvalue weighted by molar-refractivity contribution is 5.97. The molecule has 8 nitrogen and oxygen atoms in total. The number of rotatable bonds is 8.